The summed E-state index contributed by atoms with van der Waals surface area (Å²) < 4.78 is 168. The maximum absolute atomic E-state index is 13.6. The fourth-order valence-corrected chi connectivity index (χ4v) is 2.34. The molecule has 188 valence electrons. The number of hydrogen-bond acceptors (Lipinski definition) is 3. The second kappa shape index (κ2) is 8.56. The van der Waals surface area contributed by atoms with Gasteiger partial charge in [0.25, 0.3) is 0 Å². The molecule has 0 atom stereocenters. The highest BCUT2D eigenvalue weighted by Crippen LogP contribution is 2.60. The maximum Gasteiger partial charge on any atom is 0.460 e. The molecule has 0 bridgehead atoms. The van der Waals surface area contributed by atoms with Crippen LogP contribution in [0.15, 0.2) is 17.2 Å². The molecular formula is C14H5Cl2F13N2O2. The molecule has 0 heterocycles. The smallest absolute Gasteiger partial charge is 0.460 e. The summed E-state index contributed by atoms with van der Waals surface area (Å²) in [5, 5.41) is 11.3. The lowest BCUT2D eigenvalue weighted by Crippen LogP contribution is -2.71. The van der Waals surface area contributed by atoms with Gasteiger partial charge in [-0.25, -0.2) is 5.43 Å². The van der Waals surface area contributed by atoms with Crippen LogP contribution in [0, 0.1) is 0 Å². The van der Waals surface area contributed by atoms with Crippen molar-refractivity contribution in [1.29, 1.82) is 0 Å². The van der Waals surface area contributed by atoms with Gasteiger partial charge < -0.3 is 5.11 Å². The fraction of sp³-hybridized carbons (Fsp3) is 0.429. The van der Waals surface area contributed by atoms with Crippen molar-refractivity contribution in [1.82, 2.24) is 5.43 Å². The number of phenolic OH excluding ortho intramolecular Hbond substituents is 1. The Hall–Kier alpha value is -2.17. The summed E-state index contributed by atoms with van der Waals surface area (Å²) in [7, 11) is 0. The number of carbonyl (C=O) groups is 1. The van der Waals surface area contributed by atoms with E-state index in [2.05, 4.69) is 5.10 Å². The van der Waals surface area contributed by atoms with E-state index in [9.17, 15) is 67.0 Å². The first kappa shape index (κ1) is 28.9. The van der Waals surface area contributed by atoms with Crippen molar-refractivity contribution in [2.24, 2.45) is 5.10 Å². The first-order valence-corrected chi connectivity index (χ1v) is 8.19. The van der Waals surface area contributed by atoms with Gasteiger partial charge in [0, 0.05) is 10.6 Å². The first-order valence-electron chi connectivity index (χ1n) is 7.44. The zero-order valence-corrected chi connectivity index (χ0v) is 16.2. The van der Waals surface area contributed by atoms with E-state index in [0.29, 0.717) is 5.43 Å². The minimum absolute atomic E-state index is 0.170. The van der Waals surface area contributed by atoms with Gasteiger partial charge >= 0.3 is 41.7 Å². The lowest BCUT2D eigenvalue weighted by Gasteiger charge is -2.38. The molecule has 4 nitrogen and oxygen atoms in total. The molecule has 33 heavy (non-hydrogen) atoms. The van der Waals surface area contributed by atoms with Crippen molar-refractivity contribution in [2.75, 3.05) is 0 Å². The summed E-state index contributed by atoms with van der Waals surface area (Å²) in [6, 6.07) is 1.72. The van der Waals surface area contributed by atoms with Crippen molar-refractivity contribution in [3.63, 3.8) is 0 Å². The zero-order valence-electron chi connectivity index (χ0n) is 14.7. The van der Waals surface area contributed by atoms with E-state index in [1.165, 1.54) is 0 Å². The van der Waals surface area contributed by atoms with E-state index in [-0.39, 0.29) is 11.2 Å². The number of hydrazone groups is 1. The topological polar surface area (TPSA) is 61.7 Å². The number of hydrogen-bond donors (Lipinski definition) is 2. The number of alkyl halides is 13. The van der Waals surface area contributed by atoms with Crippen LogP contribution in [0.25, 0.3) is 0 Å². The van der Waals surface area contributed by atoms with E-state index >= 15 is 0 Å². The first-order chi connectivity index (χ1) is 14.5. The SMILES string of the molecule is O=C(NN=Cc1cc(Cl)cc(Cl)c1O)C(F)(F)C(F)(F)C(F)(F)C(F)(F)C(F)(F)C(F)(F)F. The molecule has 1 rings (SSSR count). The number of nitrogens with zero attached hydrogens (tertiary/aromatic N) is 1. The van der Waals surface area contributed by atoms with Crippen LogP contribution < -0.4 is 5.43 Å². The predicted molar refractivity (Wildman–Crippen MR) is 84.7 cm³/mol. The van der Waals surface area contributed by atoms with Crippen LogP contribution in [0.4, 0.5) is 57.1 Å². The average Bonchev–Trinajstić information content (AvgIpc) is 2.63. The van der Waals surface area contributed by atoms with Crippen molar-refractivity contribution in [2.45, 2.75) is 35.8 Å². The van der Waals surface area contributed by atoms with Crippen molar-refractivity contribution in [3.8, 4) is 5.75 Å². The van der Waals surface area contributed by atoms with Gasteiger partial charge in [-0.1, -0.05) is 23.2 Å². The predicted octanol–water partition coefficient (Wildman–Crippen LogP) is 5.89. The highest BCUT2D eigenvalue weighted by Gasteiger charge is 2.91. The molecule has 1 aromatic carbocycles. The second-order valence-electron chi connectivity index (χ2n) is 5.89. The van der Waals surface area contributed by atoms with Gasteiger partial charge in [-0.2, -0.15) is 62.2 Å². The number of amides is 1. The third kappa shape index (κ3) is 4.61. The van der Waals surface area contributed by atoms with Crippen molar-refractivity contribution in [3.05, 3.63) is 27.7 Å². The van der Waals surface area contributed by atoms with Gasteiger partial charge in [-0.15, -0.1) is 0 Å². The Morgan fingerprint density at radius 2 is 1.27 bits per heavy atom. The number of benzene rings is 1. The lowest BCUT2D eigenvalue weighted by atomic mass is 9.93. The largest absolute Gasteiger partial charge is 0.506 e. The van der Waals surface area contributed by atoms with E-state index in [0.717, 1.165) is 12.1 Å². The van der Waals surface area contributed by atoms with Crippen LogP contribution in [0.3, 0.4) is 0 Å². The van der Waals surface area contributed by atoms with Gasteiger partial charge in [0.05, 0.1) is 11.2 Å². The third-order valence-corrected chi connectivity index (χ3v) is 4.15. The van der Waals surface area contributed by atoms with Crippen LogP contribution >= 0.6 is 23.2 Å². The molecule has 0 fully saturated rings. The minimum Gasteiger partial charge on any atom is -0.506 e. The molecule has 0 unspecified atom stereocenters. The minimum atomic E-state index is -8.14. The molecule has 0 aliphatic rings. The summed E-state index contributed by atoms with van der Waals surface area (Å²) in [4.78, 5) is 11.2. The summed E-state index contributed by atoms with van der Waals surface area (Å²) in [5.41, 5.74) is -0.142. The highest BCUT2D eigenvalue weighted by atomic mass is 35.5. The fourth-order valence-electron chi connectivity index (χ4n) is 1.83. The monoisotopic (exact) mass is 550 g/mol. The molecule has 0 aromatic heterocycles. The molecule has 1 aromatic rings. The quantitative estimate of drug-likeness (QED) is 0.253. The number of rotatable bonds is 7. The molecule has 19 heteroatoms. The Kier molecular flexibility index (Phi) is 7.48. The highest BCUT2D eigenvalue weighted by molar-refractivity contribution is 6.36. The van der Waals surface area contributed by atoms with Gasteiger partial charge in [-0.3, -0.25) is 4.79 Å². The number of aromatic hydroxyl groups is 1. The summed E-state index contributed by atoms with van der Waals surface area (Å²) >= 11 is 11.0. The molecule has 0 spiro atoms. The van der Waals surface area contributed by atoms with E-state index in [4.69, 9.17) is 23.2 Å². The maximum atomic E-state index is 13.6. The van der Waals surface area contributed by atoms with Crippen LogP contribution in [0.2, 0.25) is 10.0 Å². The Labute approximate surface area is 182 Å². The van der Waals surface area contributed by atoms with Crippen molar-refractivity contribution >= 4 is 35.3 Å². The Balaban J connectivity index is 3.30. The normalized spacial score (nSPS) is 14.6. The van der Waals surface area contributed by atoms with Gasteiger partial charge in [0.1, 0.15) is 5.75 Å². The molecule has 0 aliphatic heterocycles. The van der Waals surface area contributed by atoms with Crippen molar-refractivity contribution < 1.29 is 67.0 Å². The summed E-state index contributed by atoms with van der Waals surface area (Å²) in [6.07, 6.45) is -7.40. The molecule has 0 saturated carbocycles. The number of nitrogens with one attached hydrogen (secondary N) is 1. The van der Waals surface area contributed by atoms with Crippen LogP contribution in [0.5, 0.6) is 5.75 Å². The van der Waals surface area contributed by atoms with Gasteiger partial charge in [-0.05, 0) is 12.1 Å². The molecule has 2 N–H and O–H groups in total. The van der Waals surface area contributed by atoms with Crippen LogP contribution in [-0.4, -0.2) is 53.0 Å². The van der Waals surface area contributed by atoms with E-state index in [1.807, 2.05) is 0 Å². The Morgan fingerprint density at radius 3 is 1.73 bits per heavy atom. The van der Waals surface area contributed by atoms with Gasteiger partial charge in [0.2, 0.25) is 0 Å². The zero-order chi connectivity index (χ0) is 26.4. The Bertz CT molecular complexity index is 948. The third-order valence-electron chi connectivity index (χ3n) is 3.65. The summed E-state index contributed by atoms with van der Waals surface area (Å²) in [6.45, 7) is 0. The summed E-state index contributed by atoms with van der Waals surface area (Å²) in [5.74, 6) is -43.5. The Morgan fingerprint density at radius 1 is 0.818 bits per heavy atom. The lowest BCUT2D eigenvalue weighted by molar-refractivity contribution is -0.436. The number of phenols is 1. The van der Waals surface area contributed by atoms with Crippen LogP contribution in [-0.2, 0) is 4.79 Å². The second-order valence-corrected chi connectivity index (χ2v) is 6.74. The molecule has 0 saturated heterocycles. The number of halogens is 15. The van der Waals surface area contributed by atoms with Crippen LogP contribution in [0.1, 0.15) is 5.56 Å². The molecular weight excluding hydrogens is 546 g/mol. The number of carbonyl (C=O) groups excluding carboxylic acids is 1. The van der Waals surface area contributed by atoms with E-state index < -0.39 is 58.0 Å². The van der Waals surface area contributed by atoms with Gasteiger partial charge in [0.15, 0.2) is 0 Å². The average molecular weight is 551 g/mol. The molecule has 0 radical (unpaired) electrons. The molecule has 1 amide bonds. The van der Waals surface area contributed by atoms with E-state index in [1.54, 1.807) is 0 Å². The standard InChI is InChI=1S/C14H5Cl2F13N2O2/c15-5-1-4(7(32)6(16)2-5)3-30-31-8(33)9(17,18)10(19,20)11(21,22)12(23,24)13(25,26)14(27,28)29/h1-3,32H,(H,31,33). The molecule has 0 aliphatic carbocycles.